The number of carboxylic acid groups (broad SMARTS) is 1. The molecule has 1 aliphatic heterocycles. The number of aromatic nitrogens is 3. The van der Waals surface area contributed by atoms with Crippen LogP contribution in [-0.4, -0.2) is 94.0 Å². The van der Waals surface area contributed by atoms with Crippen LogP contribution in [0, 0.1) is 0 Å². The average molecular weight is 694 g/mol. The number of anilines is 2. The molecule has 1 aliphatic rings. The Balaban J connectivity index is 1.44. The van der Waals surface area contributed by atoms with Crippen molar-refractivity contribution in [1.29, 1.82) is 0 Å². The molecule has 2 aromatic heterocycles. The number of nitrogens with one attached hydrogen (secondary N) is 2. The fourth-order valence-corrected chi connectivity index (χ4v) is 5.22. The second-order valence-corrected chi connectivity index (χ2v) is 12.3. The Bertz CT molecular complexity index is 1780. The number of thiazole rings is 1. The Morgan fingerprint density at radius 3 is 2.53 bits per heavy atom. The molecule has 4 rings (SSSR count). The number of carbonyl (C=O) groups is 3. The molecule has 1 aromatic carbocycles. The molecular weight excluding hydrogens is 662 g/mol. The predicted octanol–water partition coefficient (Wildman–Crippen LogP) is -1.27. The average Bonchev–Trinajstić information content (AvgIpc) is 3.44. The van der Waals surface area contributed by atoms with Gasteiger partial charge in [0.05, 0.1) is 25.3 Å². The number of aliphatic carboxylic acids is 1. The Kier molecular flexibility index (Phi) is 10.6. The molecule has 3 aromatic rings. The monoisotopic (exact) mass is 693 g/mol. The Labute approximate surface area is 272 Å². The third kappa shape index (κ3) is 8.45. The summed E-state index contributed by atoms with van der Waals surface area (Å²) < 4.78 is 44.5. The molecule has 2 amide bonds. The summed E-state index contributed by atoms with van der Waals surface area (Å²) in [5.74, 6) is -2.58. The van der Waals surface area contributed by atoms with Crippen molar-refractivity contribution in [2.75, 3.05) is 30.7 Å². The second kappa shape index (κ2) is 14.2. The van der Waals surface area contributed by atoms with E-state index in [1.165, 1.54) is 19.2 Å². The number of hydrogen-bond acceptors (Lipinski definition) is 16. The van der Waals surface area contributed by atoms with E-state index < -0.39 is 58.2 Å². The van der Waals surface area contributed by atoms with Gasteiger partial charge in [0, 0.05) is 17.5 Å². The van der Waals surface area contributed by atoms with Crippen LogP contribution in [0.3, 0.4) is 0 Å². The molecule has 0 aliphatic carbocycles. The van der Waals surface area contributed by atoms with Crippen LogP contribution in [-0.2, 0) is 41.0 Å². The van der Waals surface area contributed by atoms with E-state index in [0.717, 1.165) is 22.5 Å². The zero-order valence-electron chi connectivity index (χ0n) is 25.1. The highest BCUT2D eigenvalue weighted by molar-refractivity contribution is 7.80. The van der Waals surface area contributed by atoms with E-state index in [1.54, 1.807) is 30.5 Å². The molecule has 19 nitrogen and oxygen atoms in total. The quantitative estimate of drug-likeness (QED) is 0.0310. The number of oxime groups is 1. The molecule has 252 valence electrons. The first-order valence-electron chi connectivity index (χ1n) is 13.6. The number of benzene rings is 1. The first-order chi connectivity index (χ1) is 22.1. The summed E-state index contributed by atoms with van der Waals surface area (Å²) >= 11 is 0.948. The molecule has 7 N–H and O–H groups in total. The molecule has 0 bridgehead atoms. The number of carbonyl (C=O) groups excluding carboxylic acids is 2. The van der Waals surface area contributed by atoms with Crippen LogP contribution in [0.15, 0.2) is 47.2 Å². The van der Waals surface area contributed by atoms with Crippen molar-refractivity contribution in [1.82, 2.24) is 20.3 Å². The lowest BCUT2D eigenvalue weighted by atomic mass is 9.84. The number of ether oxygens (including phenoxy) is 1. The summed E-state index contributed by atoms with van der Waals surface area (Å²) in [6.45, 7) is 3.17. The first kappa shape index (κ1) is 34.9. The number of amides is 2. The molecule has 0 spiro atoms. The lowest BCUT2D eigenvalue weighted by molar-refractivity contribution is -0.659. The fourth-order valence-electron chi connectivity index (χ4n) is 4.22. The second-order valence-electron chi connectivity index (χ2n) is 10.4. The molecule has 0 saturated carbocycles. The molecule has 1 fully saturated rings. The summed E-state index contributed by atoms with van der Waals surface area (Å²) in [7, 11) is -3.43. The fraction of sp³-hybridized carbons (Fsp3) is 0.346. The molecule has 2 atom stereocenters. The van der Waals surface area contributed by atoms with Crippen LogP contribution < -0.4 is 31.4 Å². The van der Waals surface area contributed by atoms with Crippen LogP contribution in [0.1, 0.15) is 19.5 Å². The highest BCUT2D eigenvalue weighted by Crippen LogP contribution is 2.33. The maximum atomic E-state index is 13.2. The Morgan fingerprint density at radius 2 is 1.98 bits per heavy atom. The summed E-state index contributed by atoms with van der Waals surface area (Å²) in [5.41, 5.74) is 10.7. The van der Waals surface area contributed by atoms with Gasteiger partial charge in [0.25, 0.3) is 17.9 Å². The SMILES string of the molecule is C[n+]1cc(-c2ccc(OCC(O/N=C(\C(=O)N[C@@H]3C(=O)N(OS(=O)(=O)[O-])C3(C)C)c3csc(N)n3)C(=O)O)cc2)cnc1NCCN. The van der Waals surface area contributed by atoms with Gasteiger partial charge in [-0.1, -0.05) is 22.3 Å². The van der Waals surface area contributed by atoms with E-state index in [-0.39, 0.29) is 10.8 Å². The van der Waals surface area contributed by atoms with Crippen molar-refractivity contribution >= 4 is 56.3 Å². The highest BCUT2D eigenvalue weighted by Gasteiger charge is 2.57. The lowest BCUT2D eigenvalue weighted by Gasteiger charge is -2.51. The maximum Gasteiger partial charge on any atom is 0.391 e. The minimum absolute atomic E-state index is 0.0473. The Hall–Kier alpha value is -4.96. The van der Waals surface area contributed by atoms with Gasteiger partial charge in [-0.15, -0.1) is 11.3 Å². The van der Waals surface area contributed by atoms with Crippen LogP contribution in [0.2, 0.25) is 0 Å². The van der Waals surface area contributed by atoms with Crippen molar-refractivity contribution in [3.05, 3.63) is 47.7 Å². The van der Waals surface area contributed by atoms with E-state index in [2.05, 4.69) is 30.0 Å². The number of nitrogens with two attached hydrogens (primary N) is 2. The van der Waals surface area contributed by atoms with Gasteiger partial charge in [-0.05, 0) is 31.5 Å². The zero-order chi connectivity index (χ0) is 34.5. The van der Waals surface area contributed by atoms with Gasteiger partial charge in [-0.3, -0.25) is 14.9 Å². The van der Waals surface area contributed by atoms with Gasteiger partial charge in [-0.2, -0.15) is 9.35 Å². The van der Waals surface area contributed by atoms with Crippen molar-refractivity contribution in [3.63, 3.8) is 0 Å². The molecular formula is C26H31N9O10S2. The van der Waals surface area contributed by atoms with Gasteiger partial charge >= 0.3 is 11.9 Å². The number of nitrogens with zero attached hydrogens (tertiary/aromatic N) is 5. The van der Waals surface area contributed by atoms with Crippen LogP contribution in [0.5, 0.6) is 5.75 Å². The van der Waals surface area contributed by atoms with E-state index in [0.29, 0.717) is 29.9 Å². The number of nitrogen functional groups attached to an aromatic ring is 1. The summed E-state index contributed by atoms with van der Waals surface area (Å²) in [6.07, 6.45) is 1.87. The third-order valence-electron chi connectivity index (χ3n) is 6.65. The predicted molar refractivity (Wildman–Crippen MR) is 163 cm³/mol. The van der Waals surface area contributed by atoms with E-state index >= 15 is 0 Å². The number of hydrogen-bond donors (Lipinski definition) is 5. The zero-order valence-corrected chi connectivity index (χ0v) is 26.8. The van der Waals surface area contributed by atoms with Gasteiger partial charge in [0.15, 0.2) is 10.8 Å². The summed E-state index contributed by atoms with van der Waals surface area (Å²) in [4.78, 5) is 51.1. The minimum atomic E-state index is -5.27. The third-order valence-corrected chi connectivity index (χ3v) is 7.66. The summed E-state index contributed by atoms with van der Waals surface area (Å²) in [5, 5.41) is 20.6. The Morgan fingerprint density at radius 1 is 1.28 bits per heavy atom. The number of hydroxylamine groups is 2. The molecule has 47 heavy (non-hydrogen) atoms. The number of carboxylic acids is 1. The summed E-state index contributed by atoms with van der Waals surface area (Å²) in [6, 6.07) is 5.40. The lowest BCUT2D eigenvalue weighted by Crippen LogP contribution is -2.76. The van der Waals surface area contributed by atoms with Crippen LogP contribution in [0.25, 0.3) is 11.1 Å². The normalized spacial score (nSPS) is 16.6. The standard InChI is InChI=1S/C26H31N9O10S2/c1-26(2)20(22(37)35(26)45-47(40,41)42)32-21(36)19(17-13-46-24(28)31-17)33-44-18(23(38)39)12-43-16-6-4-14(5-7-16)15-10-30-25(29-9-8-27)34(3)11-15/h4-7,10-11,13,18,20H,8-9,12,27H2,1-3H3,(H5,28,31,32,36,38,39,40,41,42)/b33-19-/t18?,20-/m1/s1. The van der Waals surface area contributed by atoms with Crippen molar-refractivity contribution in [2.45, 2.75) is 31.5 Å². The first-order valence-corrected chi connectivity index (χ1v) is 15.8. The van der Waals surface area contributed by atoms with Crippen molar-refractivity contribution < 1.29 is 50.9 Å². The molecule has 3 heterocycles. The van der Waals surface area contributed by atoms with E-state index in [1.807, 2.05) is 17.8 Å². The van der Waals surface area contributed by atoms with E-state index in [9.17, 15) is 32.5 Å². The number of β-lactam (4-membered cyclic amide) rings is 1. The van der Waals surface area contributed by atoms with Crippen LogP contribution in [0.4, 0.5) is 11.1 Å². The van der Waals surface area contributed by atoms with Gasteiger partial charge in [0.2, 0.25) is 10.4 Å². The van der Waals surface area contributed by atoms with Gasteiger partial charge in [-0.25, -0.2) is 22.8 Å². The minimum Gasteiger partial charge on any atom is -0.724 e. The maximum absolute atomic E-state index is 13.2. The highest BCUT2D eigenvalue weighted by atomic mass is 32.3. The van der Waals surface area contributed by atoms with Crippen molar-refractivity contribution in [3.8, 4) is 16.9 Å². The van der Waals surface area contributed by atoms with E-state index in [4.69, 9.17) is 21.0 Å². The van der Waals surface area contributed by atoms with Gasteiger partial charge in [0.1, 0.15) is 30.3 Å². The largest absolute Gasteiger partial charge is 0.724 e. The van der Waals surface area contributed by atoms with Gasteiger partial charge < -0.3 is 36.0 Å². The smallest absolute Gasteiger partial charge is 0.391 e. The molecule has 1 saturated heterocycles. The molecule has 21 heteroatoms. The van der Waals surface area contributed by atoms with Crippen molar-refractivity contribution in [2.24, 2.45) is 17.9 Å². The molecule has 0 radical (unpaired) electrons. The topological polar surface area (TPSA) is 278 Å². The molecule has 1 unspecified atom stereocenters. The van der Waals surface area contributed by atoms with Crippen LogP contribution >= 0.6 is 11.3 Å². The number of rotatable bonds is 15. The number of aryl methyl sites for hydroxylation is 1.